The summed E-state index contributed by atoms with van der Waals surface area (Å²) in [6.45, 7) is 2.82. The average molecular weight is 308 g/mol. The van der Waals surface area contributed by atoms with E-state index in [2.05, 4.69) is 22.4 Å². The first-order chi connectivity index (χ1) is 11.1. The van der Waals surface area contributed by atoms with Crippen molar-refractivity contribution in [1.82, 2.24) is 14.8 Å². The lowest BCUT2D eigenvalue weighted by Gasteiger charge is -2.12. The van der Waals surface area contributed by atoms with E-state index in [-0.39, 0.29) is 17.4 Å². The number of fused-ring (bicyclic) bond motifs is 3. The van der Waals surface area contributed by atoms with Crippen LogP contribution in [0, 0.1) is 0 Å². The van der Waals surface area contributed by atoms with Crippen LogP contribution in [0.5, 0.6) is 11.5 Å². The third-order valence-corrected chi connectivity index (χ3v) is 4.08. The van der Waals surface area contributed by atoms with Gasteiger partial charge in [0.25, 0.3) is 0 Å². The van der Waals surface area contributed by atoms with Crippen molar-refractivity contribution in [3.63, 3.8) is 0 Å². The summed E-state index contributed by atoms with van der Waals surface area (Å²) in [6, 6.07) is 12.1. The lowest BCUT2D eigenvalue weighted by atomic mass is 10.1. The van der Waals surface area contributed by atoms with E-state index in [9.17, 15) is 10.2 Å². The van der Waals surface area contributed by atoms with Gasteiger partial charge in [0.15, 0.2) is 5.82 Å². The number of nitrogens with zero attached hydrogens (tertiary/aromatic N) is 3. The molecule has 1 aliphatic heterocycles. The Labute approximate surface area is 133 Å². The quantitative estimate of drug-likeness (QED) is 0.602. The first-order valence-electron chi connectivity index (χ1n) is 7.45. The SMILES string of the molecule is C[C@H]1CNc2ccc(O)cc2-n2c(-c3ccc(O)cc3)nnc21. The monoisotopic (exact) mass is 308 g/mol. The van der Waals surface area contributed by atoms with Gasteiger partial charge in [-0.15, -0.1) is 10.2 Å². The molecule has 3 aromatic rings. The van der Waals surface area contributed by atoms with Crippen molar-refractivity contribution in [2.45, 2.75) is 12.8 Å². The highest BCUT2D eigenvalue weighted by molar-refractivity contribution is 5.69. The Bertz CT molecular complexity index is 871. The fourth-order valence-corrected chi connectivity index (χ4v) is 2.86. The fraction of sp³-hybridized carbons (Fsp3) is 0.176. The van der Waals surface area contributed by atoms with Gasteiger partial charge < -0.3 is 15.5 Å². The second-order valence-electron chi connectivity index (χ2n) is 5.75. The Morgan fingerprint density at radius 1 is 1.04 bits per heavy atom. The van der Waals surface area contributed by atoms with Crippen LogP contribution in [-0.4, -0.2) is 31.5 Å². The third-order valence-electron chi connectivity index (χ3n) is 4.08. The number of phenols is 2. The molecule has 1 aliphatic rings. The van der Waals surface area contributed by atoms with Crippen molar-refractivity contribution in [3.8, 4) is 28.6 Å². The molecule has 2 aromatic carbocycles. The number of aromatic nitrogens is 3. The summed E-state index contributed by atoms with van der Waals surface area (Å²) in [6.07, 6.45) is 0. The van der Waals surface area contributed by atoms with Crippen LogP contribution in [0.15, 0.2) is 42.5 Å². The minimum Gasteiger partial charge on any atom is -0.508 e. The second-order valence-corrected chi connectivity index (χ2v) is 5.75. The van der Waals surface area contributed by atoms with Crippen LogP contribution < -0.4 is 5.32 Å². The first kappa shape index (κ1) is 13.6. The lowest BCUT2D eigenvalue weighted by molar-refractivity contribution is 0.475. The lowest BCUT2D eigenvalue weighted by Crippen LogP contribution is -2.09. The molecule has 0 saturated carbocycles. The number of hydrogen-bond donors (Lipinski definition) is 3. The molecular formula is C17H16N4O2. The molecule has 23 heavy (non-hydrogen) atoms. The zero-order chi connectivity index (χ0) is 16.0. The minimum absolute atomic E-state index is 0.169. The Morgan fingerprint density at radius 3 is 2.57 bits per heavy atom. The van der Waals surface area contributed by atoms with Crippen LogP contribution in [0.4, 0.5) is 5.69 Å². The Kier molecular flexibility index (Phi) is 2.97. The van der Waals surface area contributed by atoms with E-state index < -0.39 is 0 Å². The summed E-state index contributed by atoms with van der Waals surface area (Å²) in [7, 11) is 0. The molecule has 3 N–H and O–H groups in total. The highest BCUT2D eigenvalue weighted by Gasteiger charge is 2.25. The van der Waals surface area contributed by atoms with Crippen LogP contribution in [0.25, 0.3) is 17.1 Å². The molecule has 2 heterocycles. The van der Waals surface area contributed by atoms with E-state index in [0.717, 1.165) is 29.3 Å². The largest absolute Gasteiger partial charge is 0.508 e. The summed E-state index contributed by atoms with van der Waals surface area (Å²) >= 11 is 0. The molecular weight excluding hydrogens is 292 g/mol. The predicted octanol–water partition coefficient (Wildman–Crippen LogP) is 2.87. The summed E-state index contributed by atoms with van der Waals surface area (Å²) in [5.74, 6) is 2.09. The molecule has 4 rings (SSSR count). The molecule has 0 fully saturated rings. The van der Waals surface area contributed by atoms with E-state index in [1.807, 2.05) is 10.6 Å². The average Bonchev–Trinajstić information content (AvgIpc) is 2.93. The summed E-state index contributed by atoms with van der Waals surface area (Å²) in [4.78, 5) is 0. The molecule has 0 saturated heterocycles. The van der Waals surface area contributed by atoms with Crippen LogP contribution in [0.1, 0.15) is 18.7 Å². The molecule has 0 aliphatic carbocycles. The van der Waals surface area contributed by atoms with E-state index in [4.69, 9.17) is 0 Å². The number of benzene rings is 2. The zero-order valence-electron chi connectivity index (χ0n) is 12.6. The summed E-state index contributed by atoms with van der Waals surface area (Å²) < 4.78 is 1.96. The number of hydrogen-bond acceptors (Lipinski definition) is 5. The van der Waals surface area contributed by atoms with Crippen molar-refractivity contribution < 1.29 is 10.2 Å². The normalized spacial score (nSPS) is 16.1. The van der Waals surface area contributed by atoms with Crippen LogP contribution >= 0.6 is 0 Å². The molecule has 6 nitrogen and oxygen atoms in total. The van der Waals surface area contributed by atoms with Gasteiger partial charge in [-0.3, -0.25) is 4.57 Å². The molecule has 1 aromatic heterocycles. The molecule has 1 atom stereocenters. The van der Waals surface area contributed by atoms with Crippen LogP contribution in [0.2, 0.25) is 0 Å². The van der Waals surface area contributed by atoms with Crippen molar-refractivity contribution in [2.24, 2.45) is 0 Å². The number of aromatic hydroxyl groups is 2. The van der Waals surface area contributed by atoms with Crippen LogP contribution in [-0.2, 0) is 0 Å². The van der Waals surface area contributed by atoms with Gasteiger partial charge in [-0.1, -0.05) is 6.92 Å². The zero-order valence-corrected chi connectivity index (χ0v) is 12.6. The van der Waals surface area contributed by atoms with E-state index in [0.29, 0.717) is 5.82 Å². The van der Waals surface area contributed by atoms with Gasteiger partial charge in [0.05, 0.1) is 11.4 Å². The fourth-order valence-electron chi connectivity index (χ4n) is 2.86. The molecule has 0 amide bonds. The van der Waals surface area contributed by atoms with Gasteiger partial charge in [0.2, 0.25) is 0 Å². The van der Waals surface area contributed by atoms with Gasteiger partial charge >= 0.3 is 0 Å². The van der Waals surface area contributed by atoms with Gasteiger partial charge in [-0.25, -0.2) is 0 Å². The first-order valence-corrected chi connectivity index (χ1v) is 7.45. The van der Waals surface area contributed by atoms with E-state index in [1.54, 1.807) is 36.4 Å². The van der Waals surface area contributed by atoms with E-state index in [1.165, 1.54) is 0 Å². The smallest absolute Gasteiger partial charge is 0.168 e. The number of rotatable bonds is 1. The third kappa shape index (κ3) is 2.19. The molecule has 0 spiro atoms. The number of phenolic OH excluding ortho intramolecular Hbond substituents is 2. The molecule has 0 radical (unpaired) electrons. The van der Waals surface area contributed by atoms with Gasteiger partial charge in [-0.2, -0.15) is 0 Å². The van der Waals surface area contributed by atoms with Gasteiger partial charge in [-0.05, 0) is 36.4 Å². The molecule has 116 valence electrons. The van der Waals surface area contributed by atoms with E-state index >= 15 is 0 Å². The van der Waals surface area contributed by atoms with Crippen LogP contribution in [0.3, 0.4) is 0 Å². The molecule has 0 bridgehead atoms. The highest BCUT2D eigenvalue weighted by atomic mass is 16.3. The number of anilines is 1. The molecule has 6 heteroatoms. The maximum atomic E-state index is 9.89. The Balaban J connectivity index is 1.98. The molecule has 0 unspecified atom stereocenters. The topological polar surface area (TPSA) is 83.2 Å². The Morgan fingerprint density at radius 2 is 1.78 bits per heavy atom. The van der Waals surface area contributed by atoms with Gasteiger partial charge in [0.1, 0.15) is 17.3 Å². The maximum Gasteiger partial charge on any atom is 0.168 e. The van der Waals surface area contributed by atoms with Crippen molar-refractivity contribution in [1.29, 1.82) is 0 Å². The summed E-state index contributed by atoms with van der Waals surface area (Å²) in [5.41, 5.74) is 2.59. The predicted molar refractivity (Wildman–Crippen MR) is 87.0 cm³/mol. The summed E-state index contributed by atoms with van der Waals surface area (Å²) in [5, 5.41) is 31.5. The van der Waals surface area contributed by atoms with Crippen molar-refractivity contribution in [2.75, 3.05) is 11.9 Å². The highest BCUT2D eigenvalue weighted by Crippen LogP contribution is 2.35. The van der Waals surface area contributed by atoms with Gasteiger partial charge in [0, 0.05) is 24.1 Å². The maximum absolute atomic E-state index is 9.89. The Hall–Kier alpha value is -3.02. The minimum atomic E-state index is 0.169. The van der Waals surface area contributed by atoms with Crippen molar-refractivity contribution >= 4 is 5.69 Å². The second kappa shape index (κ2) is 5.01. The number of nitrogens with one attached hydrogen (secondary N) is 1. The standard InChI is InChI=1S/C17H16N4O2/c1-10-9-18-14-7-6-13(23)8-15(14)21-16(10)19-20-17(21)11-2-4-12(22)5-3-11/h2-8,10,18,22-23H,9H2,1H3/t10-/m0/s1. The van der Waals surface area contributed by atoms with Crippen molar-refractivity contribution in [3.05, 3.63) is 48.3 Å².